The van der Waals surface area contributed by atoms with Crippen molar-refractivity contribution in [1.29, 1.82) is 0 Å². The first-order valence-corrected chi connectivity index (χ1v) is 9.53. The lowest BCUT2D eigenvalue weighted by molar-refractivity contribution is -0.136. The van der Waals surface area contributed by atoms with Crippen molar-refractivity contribution in [1.82, 2.24) is 10.2 Å². The molecule has 0 radical (unpaired) electrons. The smallest absolute Gasteiger partial charge is 0.264 e. The zero-order valence-electron chi connectivity index (χ0n) is 16.5. The fourth-order valence-corrected chi connectivity index (χ4v) is 4.02. The molecule has 0 spiro atoms. The summed E-state index contributed by atoms with van der Waals surface area (Å²) in [5, 5.41) is 2.15. The molecule has 0 bridgehead atoms. The molecule has 0 saturated carbocycles. The number of hydrogen-bond donors (Lipinski definition) is 1. The molecule has 1 N–H and O–H groups in total. The van der Waals surface area contributed by atoms with Gasteiger partial charge in [-0.25, -0.2) is 4.39 Å². The molecule has 4 rings (SSSR count). The van der Waals surface area contributed by atoms with Crippen LogP contribution in [-0.2, 0) is 14.3 Å². The largest absolute Gasteiger partial charge is 0.369 e. The summed E-state index contributed by atoms with van der Waals surface area (Å²) in [6, 6.07) is 1.35. The first kappa shape index (κ1) is 19.5. The predicted octanol–water partition coefficient (Wildman–Crippen LogP) is 1.23. The Balaban J connectivity index is 1.62. The molecule has 2 fully saturated rings. The highest BCUT2D eigenvalue weighted by molar-refractivity contribution is 6.25. The van der Waals surface area contributed by atoms with Crippen molar-refractivity contribution in [2.24, 2.45) is 0 Å². The molecule has 1 unspecified atom stereocenters. The lowest BCUT2D eigenvalue weighted by Crippen LogP contribution is -2.55. The lowest BCUT2D eigenvalue weighted by Gasteiger charge is -2.44. The number of imide groups is 2. The Morgan fingerprint density at radius 1 is 1.10 bits per heavy atom. The molecular weight excluding hydrogens is 381 g/mol. The molecule has 8 nitrogen and oxygen atoms in total. The maximum atomic E-state index is 14.7. The Bertz CT molecular complexity index is 933. The molecule has 4 amide bonds. The number of piperidine rings is 1. The van der Waals surface area contributed by atoms with Crippen molar-refractivity contribution in [3.63, 3.8) is 0 Å². The fourth-order valence-electron chi connectivity index (χ4n) is 4.02. The molecule has 154 valence electrons. The molecule has 3 aliphatic rings. The van der Waals surface area contributed by atoms with E-state index in [0.717, 1.165) is 11.0 Å². The number of fused-ring (bicyclic) bond motifs is 1. The second-order valence-corrected chi connectivity index (χ2v) is 8.52. The minimum absolute atomic E-state index is 0.0307. The molecule has 1 aromatic carbocycles. The van der Waals surface area contributed by atoms with E-state index in [1.54, 1.807) is 4.90 Å². The van der Waals surface area contributed by atoms with Crippen LogP contribution in [0.3, 0.4) is 0 Å². The molecule has 3 aliphatic heterocycles. The first-order chi connectivity index (χ1) is 13.6. The molecule has 9 heteroatoms. The molecule has 3 heterocycles. The number of nitrogens with zero attached hydrogens (tertiary/aromatic N) is 2. The van der Waals surface area contributed by atoms with Crippen molar-refractivity contribution in [2.75, 3.05) is 18.0 Å². The maximum absolute atomic E-state index is 14.7. The Hall–Kier alpha value is -2.81. The number of carbonyl (C=O) groups is 4. The number of carbonyl (C=O) groups excluding carboxylic acids is 4. The molecular formula is C20H22FN3O5. The zero-order chi connectivity index (χ0) is 21.1. The molecule has 1 atom stereocenters. The summed E-state index contributed by atoms with van der Waals surface area (Å²) in [4.78, 5) is 52.0. The van der Waals surface area contributed by atoms with Crippen LogP contribution >= 0.6 is 0 Å². The number of amides is 4. The Morgan fingerprint density at radius 3 is 2.41 bits per heavy atom. The maximum Gasteiger partial charge on any atom is 0.264 e. The van der Waals surface area contributed by atoms with Crippen LogP contribution in [0.4, 0.5) is 10.1 Å². The average Bonchev–Trinajstić information content (AvgIpc) is 2.82. The second-order valence-electron chi connectivity index (χ2n) is 8.52. The third-order valence-electron chi connectivity index (χ3n) is 5.22. The van der Waals surface area contributed by atoms with Crippen molar-refractivity contribution in [3.8, 4) is 0 Å². The van der Waals surface area contributed by atoms with E-state index in [1.165, 1.54) is 6.07 Å². The topological polar surface area (TPSA) is 96.0 Å². The van der Waals surface area contributed by atoms with Gasteiger partial charge in [0.25, 0.3) is 11.8 Å². The van der Waals surface area contributed by atoms with Crippen molar-refractivity contribution >= 4 is 29.3 Å². The van der Waals surface area contributed by atoms with E-state index < -0.39 is 35.5 Å². The zero-order valence-corrected chi connectivity index (χ0v) is 16.5. The van der Waals surface area contributed by atoms with Gasteiger partial charge in [0.05, 0.1) is 28.5 Å². The molecule has 0 aliphatic carbocycles. The number of nitrogens with one attached hydrogen (secondary N) is 1. The van der Waals surface area contributed by atoms with Crippen LogP contribution < -0.4 is 10.2 Å². The number of rotatable bonds is 3. The van der Waals surface area contributed by atoms with Crippen LogP contribution in [0.15, 0.2) is 12.1 Å². The van der Waals surface area contributed by atoms with E-state index in [2.05, 4.69) is 5.32 Å². The summed E-state index contributed by atoms with van der Waals surface area (Å²) in [7, 11) is 0. The molecule has 0 aromatic heterocycles. The summed E-state index contributed by atoms with van der Waals surface area (Å²) in [5.74, 6) is -3.11. The summed E-state index contributed by atoms with van der Waals surface area (Å²) in [5.41, 5.74) is -0.253. The lowest BCUT2D eigenvalue weighted by atomic mass is 10.0. The van der Waals surface area contributed by atoms with Crippen LogP contribution in [0.1, 0.15) is 54.3 Å². The third-order valence-corrected chi connectivity index (χ3v) is 5.22. The van der Waals surface area contributed by atoms with E-state index in [1.807, 2.05) is 20.8 Å². The van der Waals surface area contributed by atoms with Crippen LogP contribution in [0.25, 0.3) is 0 Å². The minimum Gasteiger partial charge on any atom is -0.369 e. The van der Waals surface area contributed by atoms with Gasteiger partial charge in [-0.15, -0.1) is 0 Å². The summed E-state index contributed by atoms with van der Waals surface area (Å²) < 4.78 is 20.6. The Morgan fingerprint density at radius 2 is 1.79 bits per heavy atom. The van der Waals surface area contributed by atoms with Crippen molar-refractivity contribution in [3.05, 3.63) is 29.1 Å². The Labute approximate surface area is 167 Å². The minimum atomic E-state index is -1.08. The highest BCUT2D eigenvalue weighted by Crippen LogP contribution is 2.38. The van der Waals surface area contributed by atoms with Gasteiger partial charge in [0.1, 0.15) is 11.9 Å². The van der Waals surface area contributed by atoms with Gasteiger partial charge in [0.2, 0.25) is 11.8 Å². The quantitative estimate of drug-likeness (QED) is 0.763. The van der Waals surface area contributed by atoms with E-state index >= 15 is 0 Å². The fraction of sp³-hybridized carbons (Fsp3) is 0.500. The second kappa shape index (κ2) is 6.62. The van der Waals surface area contributed by atoms with Gasteiger partial charge >= 0.3 is 0 Å². The molecule has 29 heavy (non-hydrogen) atoms. The van der Waals surface area contributed by atoms with Gasteiger partial charge in [-0.1, -0.05) is 0 Å². The van der Waals surface area contributed by atoms with E-state index in [4.69, 9.17) is 4.74 Å². The van der Waals surface area contributed by atoms with Gasteiger partial charge in [-0.3, -0.25) is 29.4 Å². The molecule has 1 aromatic rings. The summed E-state index contributed by atoms with van der Waals surface area (Å²) >= 11 is 0. The first-order valence-electron chi connectivity index (χ1n) is 9.53. The number of anilines is 1. The van der Waals surface area contributed by atoms with Crippen LogP contribution in [0.2, 0.25) is 0 Å². The van der Waals surface area contributed by atoms with Gasteiger partial charge in [-0.05, 0) is 39.3 Å². The van der Waals surface area contributed by atoms with E-state index in [-0.39, 0.29) is 41.4 Å². The van der Waals surface area contributed by atoms with E-state index in [0.29, 0.717) is 13.1 Å². The predicted molar refractivity (Wildman–Crippen MR) is 99.9 cm³/mol. The standard InChI is InChI=1S/C20H22FN3O5/c1-20(2,3)29-10-8-23(9-10)16-12(21)5-4-11-15(16)19(28)24(18(11)27)13-6-7-14(25)22-17(13)26/h4-5,10,13H,6-9H2,1-3H3,(H,22,25,26). The Kier molecular flexibility index (Phi) is 4.45. The van der Waals surface area contributed by atoms with Crippen LogP contribution in [0, 0.1) is 5.82 Å². The van der Waals surface area contributed by atoms with Gasteiger partial charge in [0.15, 0.2) is 0 Å². The molecule has 2 saturated heterocycles. The number of hydrogen-bond acceptors (Lipinski definition) is 6. The van der Waals surface area contributed by atoms with Crippen LogP contribution in [0.5, 0.6) is 0 Å². The van der Waals surface area contributed by atoms with Crippen molar-refractivity contribution in [2.45, 2.75) is 51.4 Å². The van der Waals surface area contributed by atoms with Crippen molar-refractivity contribution < 1.29 is 28.3 Å². The normalized spacial score (nSPS) is 22.7. The monoisotopic (exact) mass is 403 g/mol. The SMILES string of the molecule is CC(C)(C)OC1CN(c2c(F)ccc3c2C(=O)N(C2CCC(=O)NC2=O)C3=O)C1. The van der Waals surface area contributed by atoms with Gasteiger partial charge in [-0.2, -0.15) is 0 Å². The third kappa shape index (κ3) is 3.29. The highest BCUT2D eigenvalue weighted by Gasteiger charge is 2.47. The van der Waals surface area contributed by atoms with E-state index in [9.17, 15) is 23.6 Å². The van der Waals surface area contributed by atoms with Gasteiger partial charge in [0, 0.05) is 19.5 Å². The van der Waals surface area contributed by atoms with Gasteiger partial charge < -0.3 is 9.64 Å². The number of halogens is 1. The number of benzene rings is 1. The van der Waals surface area contributed by atoms with Crippen LogP contribution in [-0.4, -0.2) is 59.4 Å². The number of ether oxygens (including phenoxy) is 1. The summed E-state index contributed by atoms with van der Waals surface area (Å²) in [6.07, 6.45) is -0.0222. The summed E-state index contributed by atoms with van der Waals surface area (Å²) in [6.45, 7) is 6.57. The average molecular weight is 403 g/mol. The highest BCUT2D eigenvalue weighted by atomic mass is 19.1.